The maximum absolute atomic E-state index is 6.12. The zero-order valence-corrected chi connectivity index (χ0v) is 9.15. The predicted octanol–water partition coefficient (Wildman–Crippen LogP) is 1.63. The Morgan fingerprint density at radius 3 is 2.77 bits per heavy atom. The van der Waals surface area contributed by atoms with Gasteiger partial charge in [-0.2, -0.15) is 5.10 Å². The fourth-order valence-electron chi connectivity index (χ4n) is 1.35. The molecule has 0 aromatic carbocycles. The van der Waals surface area contributed by atoms with Crippen molar-refractivity contribution in [2.75, 3.05) is 13.6 Å². The van der Waals surface area contributed by atoms with Crippen LogP contribution in [0.25, 0.3) is 0 Å². The molecule has 1 aromatic rings. The Kier molecular flexibility index (Phi) is 3.75. The van der Waals surface area contributed by atoms with Crippen LogP contribution in [0.2, 0.25) is 5.02 Å². The average molecular weight is 202 g/mol. The molecule has 0 amide bonds. The van der Waals surface area contributed by atoms with E-state index < -0.39 is 0 Å². The van der Waals surface area contributed by atoms with Gasteiger partial charge in [-0.3, -0.25) is 4.68 Å². The van der Waals surface area contributed by atoms with E-state index in [9.17, 15) is 0 Å². The summed E-state index contributed by atoms with van der Waals surface area (Å²) in [5, 5.41) is 8.26. The van der Waals surface area contributed by atoms with Crippen molar-refractivity contribution in [1.29, 1.82) is 0 Å². The minimum absolute atomic E-state index is 0.817. The normalized spacial score (nSPS) is 10.8. The Balaban J connectivity index is 2.88. The number of aromatic nitrogens is 2. The maximum atomic E-state index is 6.12. The van der Waals surface area contributed by atoms with Gasteiger partial charge in [0, 0.05) is 19.5 Å². The van der Waals surface area contributed by atoms with E-state index in [4.69, 9.17) is 11.6 Å². The van der Waals surface area contributed by atoms with Gasteiger partial charge in [-0.05, 0) is 20.9 Å². The summed E-state index contributed by atoms with van der Waals surface area (Å²) in [7, 11) is 1.94. The maximum Gasteiger partial charge on any atom is 0.0847 e. The highest BCUT2D eigenvalue weighted by molar-refractivity contribution is 6.31. The quantitative estimate of drug-likeness (QED) is 0.803. The van der Waals surface area contributed by atoms with Gasteiger partial charge in [0.25, 0.3) is 0 Å². The lowest BCUT2D eigenvalue weighted by Gasteiger charge is -2.04. The summed E-state index contributed by atoms with van der Waals surface area (Å²) < 4.78 is 1.97. The fraction of sp³-hybridized carbons (Fsp3) is 0.667. The number of hydrogen-bond acceptors (Lipinski definition) is 2. The van der Waals surface area contributed by atoms with E-state index in [1.807, 2.05) is 18.7 Å². The molecule has 1 aromatic heterocycles. The van der Waals surface area contributed by atoms with Crippen LogP contribution in [0.5, 0.6) is 0 Å². The van der Waals surface area contributed by atoms with E-state index in [2.05, 4.69) is 17.3 Å². The van der Waals surface area contributed by atoms with Crippen LogP contribution in [0.3, 0.4) is 0 Å². The van der Waals surface area contributed by atoms with Gasteiger partial charge < -0.3 is 5.32 Å². The molecule has 1 rings (SSSR count). The summed E-state index contributed by atoms with van der Waals surface area (Å²) in [4.78, 5) is 0. The van der Waals surface area contributed by atoms with E-state index in [-0.39, 0.29) is 0 Å². The standard InChI is InChI=1S/C9H16ClN3/c1-4-13-8(5-6-11-3)9(10)7(2)12-13/h11H,4-6H2,1-3H3. The molecule has 3 nitrogen and oxygen atoms in total. The Morgan fingerprint density at radius 2 is 2.23 bits per heavy atom. The van der Waals surface area contributed by atoms with Crippen LogP contribution < -0.4 is 5.32 Å². The van der Waals surface area contributed by atoms with Crippen LogP contribution in [0, 0.1) is 6.92 Å². The minimum Gasteiger partial charge on any atom is -0.319 e. The minimum atomic E-state index is 0.817. The Bertz CT molecular complexity index is 281. The molecule has 0 radical (unpaired) electrons. The van der Waals surface area contributed by atoms with Gasteiger partial charge in [0.05, 0.1) is 16.4 Å². The zero-order valence-electron chi connectivity index (χ0n) is 8.39. The molecule has 0 atom stereocenters. The van der Waals surface area contributed by atoms with E-state index in [0.717, 1.165) is 35.9 Å². The van der Waals surface area contributed by atoms with Crippen LogP contribution >= 0.6 is 11.6 Å². The molecule has 4 heteroatoms. The van der Waals surface area contributed by atoms with Gasteiger partial charge in [0.15, 0.2) is 0 Å². The Labute approximate surface area is 84.1 Å². The third-order valence-corrected chi connectivity index (χ3v) is 2.56. The topological polar surface area (TPSA) is 29.9 Å². The number of rotatable bonds is 4. The first-order valence-corrected chi connectivity index (χ1v) is 4.94. The lowest BCUT2D eigenvalue weighted by Crippen LogP contribution is -2.13. The third kappa shape index (κ3) is 2.23. The summed E-state index contributed by atoms with van der Waals surface area (Å²) in [6.07, 6.45) is 0.935. The second-order valence-electron chi connectivity index (χ2n) is 3.02. The second kappa shape index (κ2) is 4.63. The first-order chi connectivity index (χ1) is 6.20. The van der Waals surface area contributed by atoms with Gasteiger partial charge in [0.1, 0.15) is 0 Å². The van der Waals surface area contributed by atoms with Gasteiger partial charge in [-0.1, -0.05) is 11.6 Å². The van der Waals surface area contributed by atoms with Crippen LogP contribution in [-0.4, -0.2) is 23.4 Å². The van der Waals surface area contributed by atoms with Crippen molar-refractivity contribution >= 4 is 11.6 Å². The van der Waals surface area contributed by atoms with Crippen molar-refractivity contribution in [2.45, 2.75) is 26.8 Å². The molecule has 0 fully saturated rings. The smallest absolute Gasteiger partial charge is 0.0847 e. The van der Waals surface area contributed by atoms with Crippen LogP contribution in [0.1, 0.15) is 18.3 Å². The molecular weight excluding hydrogens is 186 g/mol. The first-order valence-electron chi connectivity index (χ1n) is 4.57. The molecule has 0 aliphatic rings. The molecule has 74 valence electrons. The van der Waals surface area contributed by atoms with E-state index in [0.29, 0.717) is 0 Å². The van der Waals surface area contributed by atoms with Gasteiger partial charge in [0.2, 0.25) is 0 Å². The van der Waals surface area contributed by atoms with Crippen LogP contribution in [-0.2, 0) is 13.0 Å². The number of aryl methyl sites for hydroxylation is 2. The predicted molar refractivity (Wildman–Crippen MR) is 55.3 cm³/mol. The third-order valence-electron chi connectivity index (χ3n) is 2.06. The van der Waals surface area contributed by atoms with Gasteiger partial charge >= 0.3 is 0 Å². The summed E-state index contributed by atoms with van der Waals surface area (Å²) in [5.41, 5.74) is 2.06. The SMILES string of the molecule is CCn1nc(C)c(Cl)c1CCNC. The first kappa shape index (κ1) is 10.5. The molecule has 0 bridgehead atoms. The molecule has 0 saturated heterocycles. The number of nitrogens with zero attached hydrogens (tertiary/aromatic N) is 2. The van der Waals surface area contributed by atoms with Gasteiger partial charge in [-0.15, -0.1) is 0 Å². The monoisotopic (exact) mass is 201 g/mol. The van der Waals surface area contributed by atoms with E-state index in [1.165, 1.54) is 0 Å². The summed E-state index contributed by atoms with van der Waals surface area (Å²) in [5.74, 6) is 0. The Hall–Kier alpha value is -0.540. The van der Waals surface area contributed by atoms with Crippen molar-refractivity contribution in [3.8, 4) is 0 Å². The van der Waals surface area contributed by atoms with Crippen molar-refractivity contribution in [3.63, 3.8) is 0 Å². The highest BCUT2D eigenvalue weighted by Crippen LogP contribution is 2.20. The highest BCUT2D eigenvalue weighted by atomic mass is 35.5. The van der Waals surface area contributed by atoms with Crippen LogP contribution in [0.4, 0.5) is 0 Å². The summed E-state index contributed by atoms with van der Waals surface area (Å²) in [6, 6.07) is 0. The second-order valence-corrected chi connectivity index (χ2v) is 3.39. The van der Waals surface area contributed by atoms with Gasteiger partial charge in [-0.25, -0.2) is 0 Å². The number of hydrogen-bond donors (Lipinski definition) is 1. The number of likely N-dealkylation sites (N-methyl/N-ethyl adjacent to an activating group) is 1. The van der Waals surface area contributed by atoms with Crippen molar-refractivity contribution in [1.82, 2.24) is 15.1 Å². The number of halogens is 1. The fourth-order valence-corrected chi connectivity index (χ4v) is 1.58. The molecule has 0 unspecified atom stereocenters. The molecule has 0 saturated carbocycles. The molecule has 0 aliphatic heterocycles. The lowest BCUT2D eigenvalue weighted by atomic mass is 10.3. The van der Waals surface area contributed by atoms with Crippen LogP contribution in [0.15, 0.2) is 0 Å². The largest absolute Gasteiger partial charge is 0.319 e. The number of nitrogens with one attached hydrogen (secondary N) is 1. The zero-order chi connectivity index (χ0) is 9.84. The van der Waals surface area contributed by atoms with Crippen molar-refractivity contribution in [3.05, 3.63) is 16.4 Å². The lowest BCUT2D eigenvalue weighted by molar-refractivity contribution is 0.607. The molecule has 1 heterocycles. The summed E-state index contributed by atoms with van der Waals surface area (Å²) >= 11 is 6.12. The molecule has 13 heavy (non-hydrogen) atoms. The highest BCUT2D eigenvalue weighted by Gasteiger charge is 2.10. The molecule has 0 spiro atoms. The van der Waals surface area contributed by atoms with E-state index >= 15 is 0 Å². The van der Waals surface area contributed by atoms with Crippen molar-refractivity contribution in [2.24, 2.45) is 0 Å². The average Bonchev–Trinajstić information content (AvgIpc) is 2.40. The van der Waals surface area contributed by atoms with Crippen molar-refractivity contribution < 1.29 is 0 Å². The Morgan fingerprint density at radius 1 is 1.54 bits per heavy atom. The summed E-state index contributed by atoms with van der Waals surface area (Å²) in [6.45, 7) is 5.83. The molecule has 1 N–H and O–H groups in total. The molecule has 0 aliphatic carbocycles. The van der Waals surface area contributed by atoms with E-state index in [1.54, 1.807) is 0 Å². The molecular formula is C9H16ClN3.